The summed E-state index contributed by atoms with van der Waals surface area (Å²) in [5.41, 5.74) is -1.27. The third-order valence-electron chi connectivity index (χ3n) is 5.64. The van der Waals surface area contributed by atoms with Crippen LogP contribution in [0.15, 0.2) is 0 Å². The average molecular weight is 426 g/mol. The quantitative estimate of drug-likeness (QED) is 0.424. The summed E-state index contributed by atoms with van der Waals surface area (Å²) in [6.45, 7) is 0. The highest BCUT2D eigenvalue weighted by Crippen LogP contribution is 2.60. The molecule has 0 aromatic carbocycles. The third kappa shape index (κ3) is 3.56. The molecule has 1 N–H and O–H groups in total. The highest BCUT2D eigenvalue weighted by Gasteiger charge is 2.67. The van der Waals surface area contributed by atoms with Crippen LogP contribution in [0.4, 0.5) is 22.0 Å². The van der Waals surface area contributed by atoms with Crippen molar-refractivity contribution in [3.63, 3.8) is 0 Å². The molecule has 5 nitrogen and oxygen atoms in total. The molecule has 0 aliphatic heterocycles. The maximum absolute atomic E-state index is 13.6. The van der Waals surface area contributed by atoms with E-state index in [1.807, 2.05) is 0 Å². The lowest BCUT2D eigenvalue weighted by Gasteiger charge is -2.55. The van der Waals surface area contributed by atoms with Crippen LogP contribution < -0.4 is 0 Å². The van der Waals surface area contributed by atoms with E-state index in [4.69, 9.17) is 4.55 Å². The van der Waals surface area contributed by atoms with Gasteiger partial charge in [0, 0.05) is 0 Å². The molecule has 4 rings (SSSR count). The lowest BCUT2D eigenvalue weighted by Crippen LogP contribution is -2.56. The Morgan fingerprint density at radius 1 is 1.00 bits per heavy atom. The SMILES string of the molecule is O=C(OC(C(F)(F)F)C(F)(F)S(=O)(=O)O)C12CC3CC(CC(C3)C1)C2.S. The standard InChI is InChI=1S/C14H17F5O5S.H2S/c15-13(16,17)10(14(18,19)25(21,22)23)24-11(20)12-4-7-1-8(5-12)3-9(2-7)6-12;/h7-10H,1-6H2,(H,21,22,23);1H2. The van der Waals surface area contributed by atoms with E-state index in [9.17, 15) is 35.2 Å². The van der Waals surface area contributed by atoms with Crippen molar-refractivity contribution in [2.45, 2.75) is 56.1 Å². The van der Waals surface area contributed by atoms with Gasteiger partial charge < -0.3 is 4.74 Å². The first kappa shape index (κ1) is 21.7. The van der Waals surface area contributed by atoms with Crippen molar-refractivity contribution in [2.75, 3.05) is 0 Å². The number of hydrogen-bond acceptors (Lipinski definition) is 4. The summed E-state index contributed by atoms with van der Waals surface area (Å²) in [6, 6.07) is 0. The number of rotatable bonds is 4. The van der Waals surface area contributed by atoms with Gasteiger partial charge in [-0.2, -0.15) is 43.9 Å². The van der Waals surface area contributed by atoms with Crippen LogP contribution in [0.1, 0.15) is 38.5 Å². The third-order valence-corrected chi connectivity index (χ3v) is 6.54. The number of hydrogen-bond donors (Lipinski definition) is 1. The lowest BCUT2D eigenvalue weighted by atomic mass is 9.49. The number of esters is 1. The second-order valence-corrected chi connectivity index (χ2v) is 9.06. The minimum absolute atomic E-state index is 0. The predicted molar refractivity (Wildman–Crippen MR) is 83.4 cm³/mol. The predicted octanol–water partition coefficient (Wildman–Crippen LogP) is 3.27. The van der Waals surface area contributed by atoms with Gasteiger partial charge in [-0.1, -0.05) is 0 Å². The zero-order chi connectivity index (χ0) is 18.8. The maximum Gasteiger partial charge on any atom is 0.432 e. The van der Waals surface area contributed by atoms with Crippen LogP contribution in [0.5, 0.6) is 0 Å². The Morgan fingerprint density at radius 2 is 1.38 bits per heavy atom. The number of alkyl halides is 5. The topological polar surface area (TPSA) is 80.7 Å². The summed E-state index contributed by atoms with van der Waals surface area (Å²) in [5, 5.41) is -5.68. The molecule has 0 heterocycles. The van der Waals surface area contributed by atoms with Crippen LogP contribution in [0.2, 0.25) is 0 Å². The van der Waals surface area contributed by atoms with Crippen LogP contribution in [0.25, 0.3) is 0 Å². The first-order chi connectivity index (χ1) is 11.2. The smallest absolute Gasteiger partial charge is 0.432 e. The zero-order valence-electron chi connectivity index (χ0n) is 13.4. The minimum atomic E-state index is -6.42. The molecule has 0 radical (unpaired) electrons. The molecule has 0 aromatic heterocycles. The molecule has 4 fully saturated rings. The molecule has 0 spiro atoms. The van der Waals surface area contributed by atoms with E-state index in [2.05, 4.69) is 4.74 Å². The molecule has 0 aromatic rings. The second-order valence-electron chi connectivity index (χ2n) is 7.56. The van der Waals surface area contributed by atoms with Crippen molar-refractivity contribution in [2.24, 2.45) is 23.2 Å². The molecule has 1 atom stereocenters. The average Bonchev–Trinajstić information content (AvgIpc) is 2.40. The summed E-state index contributed by atoms with van der Waals surface area (Å²) in [6.07, 6.45) is -6.73. The molecule has 0 saturated heterocycles. The highest BCUT2D eigenvalue weighted by atomic mass is 32.2. The van der Waals surface area contributed by atoms with Crippen molar-refractivity contribution in [3.05, 3.63) is 0 Å². The van der Waals surface area contributed by atoms with Crippen LogP contribution in [-0.4, -0.2) is 36.5 Å². The molecule has 26 heavy (non-hydrogen) atoms. The van der Waals surface area contributed by atoms with E-state index >= 15 is 0 Å². The number of ether oxygens (including phenoxy) is 1. The molecule has 4 saturated carbocycles. The first-order valence-corrected chi connectivity index (χ1v) is 9.31. The van der Waals surface area contributed by atoms with E-state index in [1.165, 1.54) is 0 Å². The molecule has 4 aliphatic rings. The Kier molecular flexibility index (Phi) is 5.40. The lowest BCUT2D eigenvalue weighted by molar-refractivity contribution is -0.266. The summed E-state index contributed by atoms with van der Waals surface area (Å²) >= 11 is 0. The monoisotopic (exact) mass is 426 g/mol. The van der Waals surface area contributed by atoms with Gasteiger partial charge in [-0.25, -0.2) is 0 Å². The fourth-order valence-corrected chi connectivity index (χ4v) is 5.51. The van der Waals surface area contributed by atoms with Gasteiger partial charge in [0.2, 0.25) is 0 Å². The Hall–Kier alpha value is -0.620. The Bertz CT molecular complexity index is 640. The van der Waals surface area contributed by atoms with Crippen LogP contribution in [-0.2, 0) is 19.6 Å². The molecule has 12 heteroatoms. The number of carbonyl (C=O) groups is 1. The van der Waals surface area contributed by atoms with Crippen molar-refractivity contribution in [1.82, 2.24) is 0 Å². The molecule has 152 valence electrons. The molecule has 1 unspecified atom stereocenters. The largest absolute Gasteiger partial charge is 0.444 e. The van der Waals surface area contributed by atoms with Crippen molar-refractivity contribution >= 4 is 29.6 Å². The number of halogens is 5. The zero-order valence-corrected chi connectivity index (χ0v) is 15.2. The van der Waals surface area contributed by atoms with E-state index in [0.29, 0.717) is 0 Å². The maximum atomic E-state index is 13.6. The minimum Gasteiger partial charge on any atom is -0.444 e. The molecule has 4 bridgehead atoms. The normalized spacial score (nSPS) is 34.9. The van der Waals surface area contributed by atoms with Gasteiger partial charge in [-0.3, -0.25) is 9.35 Å². The Labute approximate surface area is 153 Å². The van der Waals surface area contributed by atoms with Gasteiger partial charge in [-0.15, -0.1) is 0 Å². The van der Waals surface area contributed by atoms with Gasteiger partial charge in [0.1, 0.15) is 0 Å². The fourth-order valence-electron chi connectivity index (χ4n) is 5.05. The number of carbonyl (C=O) groups excluding carboxylic acids is 1. The fraction of sp³-hybridized carbons (Fsp3) is 0.929. The van der Waals surface area contributed by atoms with Crippen LogP contribution in [0, 0.1) is 23.2 Å². The van der Waals surface area contributed by atoms with Gasteiger partial charge >= 0.3 is 27.5 Å². The van der Waals surface area contributed by atoms with Crippen LogP contribution >= 0.6 is 13.5 Å². The molecule has 0 amide bonds. The van der Waals surface area contributed by atoms with Crippen molar-refractivity contribution in [1.29, 1.82) is 0 Å². The van der Waals surface area contributed by atoms with Gasteiger partial charge in [-0.05, 0) is 56.3 Å². The first-order valence-electron chi connectivity index (χ1n) is 7.87. The van der Waals surface area contributed by atoms with E-state index in [0.717, 1.165) is 19.3 Å². The highest BCUT2D eigenvalue weighted by molar-refractivity contribution is 7.86. The Morgan fingerprint density at radius 3 is 1.69 bits per heavy atom. The van der Waals surface area contributed by atoms with Crippen LogP contribution in [0.3, 0.4) is 0 Å². The van der Waals surface area contributed by atoms with Gasteiger partial charge in [0.15, 0.2) is 0 Å². The second kappa shape index (κ2) is 6.47. The Balaban J connectivity index is 0.00000243. The van der Waals surface area contributed by atoms with Gasteiger partial charge in [0.25, 0.3) is 6.10 Å². The van der Waals surface area contributed by atoms with E-state index in [1.54, 1.807) is 0 Å². The molecule has 4 aliphatic carbocycles. The molecular weight excluding hydrogens is 407 g/mol. The van der Waals surface area contributed by atoms with Crippen molar-refractivity contribution < 1.29 is 44.5 Å². The van der Waals surface area contributed by atoms with E-state index in [-0.39, 0.29) is 50.5 Å². The summed E-state index contributed by atoms with van der Waals surface area (Å²) in [5.74, 6) is -1.02. The summed E-state index contributed by atoms with van der Waals surface area (Å²) in [7, 11) is -6.42. The molecular formula is C14H19F5O5S2. The van der Waals surface area contributed by atoms with Gasteiger partial charge in [0.05, 0.1) is 5.41 Å². The van der Waals surface area contributed by atoms with Crippen molar-refractivity contribution in [3.8, 4) is 0 Å². The summed E-state index contributed by atoms with van der Waals surface area (Å²) < 4.78 is 99.9. The summed E-state index contributed by atoms with van der Waals surface area (Å²) in [4.78, 5) is 12.4. The van der Waals surface area contributed by atoms with E-state index < -0.39 is 39.0 Å².